The van der Waals surface area contributed by atoms with Crippen LogP contribution in [0.5, 0.6) is 0 Å². The molecule has 0 aliphatic heterocycles. The number of nitrogens with one attached hydrogen (secondary N) is 1. The van der Waals surface area contributed by atoms with E-state index in [2.05, 4.69) is 47.0 Å². The van der Waals surface area contributed by atoms with Gasteiger partial charge in [-0.3, -0.25) is 0 Å². The Morgan fingerprint density at radius 2 is 1.86 bits per heavy atom. The molecule has 0 aliphatic rings. The molecule has 0 atom stereocenters. The number of nitrogen functional groups attached to an aromatic ring is 2. The van der Waals surface area contributed by atoms with Crippen LogP contribution < -0.4 is 16.8 Å². The molecule has 0 radical (unpaired) electrons. The van der Waals surface area contributed by atoms with Gasteiger partial charge in [-0.25, -0.2) is 9.97 Å². The number of anilines is 4. The zero-order valence-electron chi connectivity index (χ0n) is 12.3. The molecule has 0 spiro atoms. The fourth-order valence-electron chi connectivity index (χ4n) is 1.89. The molecule has 2 aromatic heterocycles. The highest BCUT2D eigenvalue weighted by Gasteiger charge is 2.19. The molecule has 0 bridgehead atoms. The number of nitrogens with zero attached hydrogens (tertiary/aromatic N) is 3. The predicted molar refractivity (Wildman–Crippen MR) is 85.0 cm³/mol. The summed E-state index contributed by atoms with van der Waals surface area (Å²) < 4.78 is 0. The topological polar surface area (TPSA) is 103 Å². The summed E-state index contributed by atoms with van der Waals surface area (Å²) >= 11 is 0. The van der Waals surface area contributed by atoms with E-state index in [9.17, 15) is 0 Å². The normalized spacial score (nSPS) is 11.0. The Labute approximate surface area is 124 Å². The third-order valence-corrected chi connectivity index (χ3v) is 2.97. The van der Waals surface area contributed by atoms with Gasteiger partial charge < -0.3 is 16.8 Å². The van der Waals surface area contributed by atoms with Gasteiger partial charge in [0.05, 0.1) is 6.20 Å². The Bertz CT molecular complexity index is 709. The molecule has 2 rings (SSSR count). The minimum Gasteiger partial charge on any atom is -0.382 e. The second-order valence-corrected chi connectivity index (χ2v) is 5.66. The van der Waals surface area contributed by atoms with Gasteiger partial charge in [0.15, 0.2) is 5.82 Å². The van der Waals surface area contributed by atoms with Crippen molar-refractivity contribution in [3.63, 3.8) is 0 Å². The van der Waals surface area contributed by atoms with Crippen molar-refractivity contribution in [2.24, 2.45) is 0 Å². The molecule has 108 valence electrons. The van der Waals surface area contributed by atoms with E-state index in [1.807, 2.05) is 0 Å². The molecule has 0 amide bonds. The first-order valence-corrected chi connectivity index (χ1v) is 6.43. The Morgan fingerprint density at radius 3 is 2.43 bits per heavy atom. The summed E-state index contributed by atoms with van der Waals surface area (Å²) in [4.78, 5) is 12.1. The minimum absolute atomic E-state index is 0.105. The lowest BCUT2D eigenvalue weighted by atomic mass is 9.87. The van der Waals surface area contributed by atoms with E-state index in [1.54, 1.807) is 18.5 Å². The summed E-state index contributed by atoms with van der Waals surface area (Å²) in [6.07, 6.45) is 8.73. The predicted octanol–water partition coefficient (Wildman–Crippen LogP) is 2.06. The second kappa shape index (κ2) is 5.29. The number of hydrogen-bond acceptors (Lipinski definition) is 6. The fraction of sp³-hybridized carbons (Fsp3) is 0.267. The molecule has 2 aromatic rings. The van der Waals surface area contributed by atoms with Crippen molar-refractivity contribution in [1.29, 1.82) is 0 Å². The molecule has 5 N–H and O–H groups in total. The van der Waals surface area contributed by atoms with Crippen LogP contribution in [0.1, 0.15) is 32.0 Å². The highest BCUT2D eigenvalue weighted by Crippen LogP contribution is 2.32. The SMILES string of the molecule is C#Cc1cc(Nc2cnc(N)nc2N)c(C(C)(C)C)cn1. The van der Waals surface area contributed by atoms with Crippen molar-refractivity contribution >= 4 is 23.1 Å². The van der Waals surface area contributed by atoms with Gasteiger partial charge in [-0.1, -0.05) is 26.7 Å². The molecule has 0 aromatic carbocycles. The van der Waals surface area contributed by atoms with Crippen LogP contribution in [0.2, 0.25) is 0 Å². The molecule has 21 heavy (non-hydrogen) atoms. The van der Waals surface area contributed by atoms with Crippen LogP contribution in [-0.4, -0.2) is 15.0 Å². The summed E-state index contributed by atoms with van der Waals surface area (Å²) in [5.74, 6) is 2.93. The standard InChI is InChI=1S/C15H18N6/c1-5-9-6-11(10(7-18-9)15(2,3)4)20-12-8-19-14(17)21-13(12)16/h1,6-8H,2-4H3,(H,18,20)(H4,16,17,19,21). The van der Waals surface area contributed by atoms with Gasteiger partial charge in [0.25, 0.3) is 0 Å². The summed E-state index contributed by atoms with van der Waals surface area (Å²) in [5.41, 5.74) is 14.2. The van der Waals surface area contributed by atoms with Gasteiger partial charge in [-0.2, -0.15) is 4.98 Å². The molecule has 2 heterocycles. The number of hydrogen-bond donors (Lipinski definition) is 3. The van der Waals surface area contributed by atoms with E-state index >= 15 is 0 Å². The third kappa shape index (κ3) is 3.20. The Morgan fingerprint density at radius 1 is 1.14 bits per heavy atom. The molecule has 0 saturated carbocycles. The van der Waals surface area contributed by atoms with Crippen LogP contribution in [0.4, 0.5) is 23.1 Å². The van der Waals surface area contributed by atoms with Crippen molar-refractivity contribution in [1.82, 2.24) is 15.0 Å². The molecule has 0 unspecified atom stereocenters. The van der Waals surface area contributed by atoms with Gasteiger partial charge in [-0.15, -0.1) is 6.42 Å². The zero-order valence-corrected chi connectivity index (χ0v) is 12.3. The number of pyridine rings is 1. The average molecular weight is 282 g/mol. The summed E-state index contributed by atoms with van der Waals surface area (Å²) in [5, 5.41) is 3.21. The number of nitrogens with two attached hydrogens (primary N) is 2. The van der Waals surface area contributed by atoms with Crippen LogP contribution in [0.25, 0.3) is 0 Å². The molecule has 0 aliphatic carbocycles. The van der Waals surface area contributed by atoms with Crippen LogP contribution in [0, 0.1) is 12.3 Å². The molecule has 6 heteroatoms. The van der Waals surface area contributed by atoms with Crippen LogP contribution in [0.15, 0.2) is 18.5 Å². The summed E-state index contributed by atoms with van der Waals surface area (Å²) in [6.45, 7) is 6.27. The highest BCUT2D eigenvalue weighted by atomic mass is 15.1. The second-order valence-electron chi connectivity index (χ2n) is 5.66. The zero-order chi connectivity index (χ0) is 15.6. The Kier molecular flexibility index (Phi) is 3.68. The van der Waals surface area contributed by atoms with Gasteiger partial charge in [0, 0.05) is 11.9 Å². The lowest BCUT2D eigenvalue weighted by molar-refractivity contribution is 0.589. The monoisotopic (exact) mass is 282 g/mol. The molecule has 0 saturated heterocycles. The average Bonchev–Trinajstić information content (AvgIpc) is 2.40. The maximum Gasteiger partial charge on any atom is 0.222 e. The first-order valence-electron chi connectivity index (χ1n) is 6.43. The number of aromatic nitrogens is 3. The van der Waals surface area contributed by atoms with E-state index in [-0.39, 0.29) is 17.2 Å². The quantitative estimate of drug-likeness (QED) is 0.728. The Hall–Kier alpha value is -2.81. The van der Waals surface area contributed by atoms with E-state index in [0.29, 0.717) is 11.4 Å². The van der Waals surface area contributed by atoms with Crippen LogP contribution >= 0.6 is 0 Å². The minimum atomic E-state index is -0.105. The van der Waals surface area contributed by atoms with Gasteiger partial charge in [0.2, 0.25) is 5.95 Å². The van der Waals surface area contributed by atoms with E-state index in [0.717, 1.165) is 11.3 Å². The molecule has 6 nitrogen and oxygen atoms in total. The summed E-state index contributed by atoms with van der Waals surface area (Å²) in [7, 11) is 0. The maximum atomic E-state index is 5.85. The summed E-state index contributed by atoms with van der Waals surface area (Å²) in [6, 6.07) is 1.80. The van der Waals surface area contributed by atoms with Gasteiger partial charge in [0.1, 0.15) is 11.4 Å². The fourth-order valence-corrected chi connectivity index (χ4v) is 1.89. The lowest BCUT2D eigenvalue weighted by Gasteiger charge is -2.23. The molecular weight excluding hydrogens is 264 g/mol. The van der Waals surface area contributed by atoms with Crippen molar-refractivity contribution in [2.45, 2.75) is 26.2 Å². The van der Waals surface area contributed by atoms with E-state index < -0.39 is 0 Å². The van der Waals surface area contributed by atoms with E-state index in [1.165, 1.54) is 0 Å². The maximum absolute atomic E-state index is 5.85. The van der Waals surface area contributed by atoms with Crippen LogP contribution in [-0.2, 0) is 5.41 Å². The highest BCUT2D eigenvalue weighted by molar-refractivity contribution is 5.72. The van der Waals surface area contributed by atoms with Crippen molar-refractivity contribution in [3.8, 4) is 12.3 Å². The van der Waals surface area contributed by atoms with Crippen LogP contribution in [0.3, 0.4) is 0 Å². The number of rotatable bonds is 2. The third-order valence-electron chi connectivity index (χ3n) is 2.97. The molecular formula is C15H18N6. The molecule has 0 fully saturated rings. The van der Waals surface area contributed by atoms with Crippen molar-refractivity contribution < 1.29 is 0 Å². The van der Waals surface area contributed by atoms with E-state index in [4.69, 9.17) is 17.9 Å². The number of terminal acetylenes is 1. The smallest absolute Gasteiger partial charge is 0.222 e. The first kappa shape index (κ1) is 14.6. The van der Waals surface area contributed by atoms with Gasteiger partial charge >= 0.3 is 0 Å². The Balaban J connectivity index is 2.49. The van der Waals surface area contributed by atoms with Gasteiger partial charge in [-0.05, 0) is 17.0 Å². The van der Waals surface area contributed by atoms with Crippen molar-refractivity contribution in [2.75, 3.05) is 16.8 Å². The first-order chi connectivity index (χ1) is 9.81. The van der Waals surface area contributed by atoms with Crippen molar-refractivity contribution in [3.05, 3.63) is 29.7 Å². The lowest BCUT2D eigenvalue weighted by Crippen LogP contribution is -2.15. The largest absolute Gasteiger partial charge is 0.382 e.